The summed E-state index contributed by atoms with van der Waals surface area (Å²) >= 11 is 0. The SMILES string of the molecule is CC(C)N(CCN)C(C)C.CCCN. The minimum Gasteiger partial charge on any atom is -0.330 e. The zero-order chi connectivity index (χ0) is 11.6. The van der Waals surface area contributed by atoms with Gasteiger partial charge in [0.05, 0.1) is 0 Å². The predicted molar refractivity (Wildman–Crippen MR) is 65.4 cm³/mol. The van der Waals surface area contributed by atoms with Crippen LogP contribution in [0.4, 0.5) is 0 Å². The van der Waals surface area contributed by atoms with Gasteiger partial charge in [-0.3, -0.25) is 4.90 Å². The van der Waals surface area contributed by atoms with Gasteiger partial charge in [-0.15, -0.1) is 0 Å². The summed E-state index contributed by atoms with van der Waals surface area (Å²) in [5.41, 5.74) is 10.5. The summed E-state index contributed by atoms with van der Waals surface area (Å²) in [7, 11) is 0. The van der Waals surface area contributed by atoms with Crippen LogP contribution in [0.15, 0.2) is 0 Å². The smallest absolute Gasteiger partial charge is 0.0110 e. The van der Waals surface area contributed by atoms with Crippen molar-refractivity contribution in [1.29, 1.82) is 0 Å². The monoisotopic (exact) mass is 203 g/mol. The van der Waals surface area contributed by atoms with Gasteiger partial charge in [0.2, 0.25) is 0 Å². The fourth-order valence-corrected chi connectivity index (χ4v) is 1.26. The largest absolute Gasteiger partial charge is 0.330 e. The molecule has 0 aromatic carbocycles. The summed E-state index contributed by atoms with van der Waals surface area (Å²) in [4.78, 5) is 2.39. The van der Waals surface area contributed by atoms with Gasteiger partial charge in [0.1, 0.15) is 0 Å². The molecule has 0 saturated carbocycles. The quantitative estimate of drug-likeness (QED) is 0.710. The highest BCUT2D eigenvalue weighted by Crippen LogP contribution is 2.02. The van der Waals surface area contributed by atoms with Crippen LogP contribution < -0.4 is 11.5 Å². The van der Waals surface area contributed by atoms with Crippen molar-refractivity contribution < 1.29 is 0 Å². The number of rotatable bonds is 5. The molecule has 0 rings (SSSR count). The van der Waals surface area contributed by atoms with Gasteiger partial charge in [-0.1, -0.05) is 6.92 Å². The Hall–Kier alpha value is -0.120. The maximum atomic E-state index is 5.46. The molecule has 0 aromatic heterocycles. The predicted octanol–water partition coefficient (Wildman–Crippen LogP) is 1.42. The summed E-state index contributed by atoms with van der Waals surface area (Å²) in [6.45, 7) is 13.5. The van der Waals surface area contributed by atoms with E-state index in [4.69, 9.17) is 11.5 Å². The molecule has 3 heteroatoms. The van der Waals surface area contributed by atoms with Gasteiger partial charge in [0, 0.05) is 25.2 Å². The first-order valence-corrected chi connectivity index (χ1v) is 5.67. The topological polar surface area (TPSA) is 55.3 Å². The average molecular weight is 203 g/mol. The van der Waals surface area contributed by atoms with E-state index in [0.29, 0.717) is 12.1 Å². The lowest BCUT2D eigenvalue weighted by atomic mass is 10.2. The maximum Gasteiger partial charge on any atom is 0.0110 e. The molecule has 0 aliphatic heterocycles. The van der Waals surface area contributed by atoms with Crippen molar-refractivity contribution in [2.75, 3.05) is 19.6 Å². The van der Waals surface area contributed by atoms with E-state index in [1.807, 2.05) is 0 Å². The van der Waals surface area contributed by atoms with Crippen molar-refractivity contribution in [3.05, 3.63) is 0 Å². The lowest BCUT2D eigenvalue weighted by Gasteiger charge is -2.29. The van der Waals surface area contributed by atoms with Crippen molar-refractivity contribution in [3.8, 4) is 0 Å². The number of hydrogen-bond acceptors (Lipinski definition) is 3. The minimum absolute atomic E-state index is 0.614. The molecule has 0 bridgehead atoms. The molecule has 0 unspecified atom stereocenters. The number of hydrogen-bond donors (Lipinski definition) is 2. The Balaban J connectivity index is 0. The highest BCUT2D eigenvalue weighted by Gasteiger charge is 2.10. The summed E-state index contributed by atoms with van der Waals surface area (Å²) in [5.74, 6) is 0. The Kier molecular flexibility index (Phi) is 12.8. The molecule has 88 valence electrons. The molecule has 0 spiro atoms. The van der Waals surface area contributed by atoms with Crippen LogP contribution in [0.3, 0.4) is 0 Å². The highest BCUT2D eigenvalue weighted by atomic mass is 15.2. The molecule has 0 fully saturated rings. The Bertz CT molecular complexity index is 92.7. The van der Waals surface area contributed by atoms with Crippen molar-refractivity contribution in [1.82, 2.24) is 4.90 Å². The second-order valence-corrected chi connectivity index (χ2v) is 4.00. The lowest BCUT2D eigenvalue weighted by Crippen LogP contribution is -2.40. The van der Waals surface area contributed by atoms with Crippen LogP contribution >= 0.6 is 0 Å². The number of nitrogens with two attached hydrogens (primary N) is 2. The van der Waals surface area contributed by atoms with Crippen LogP contribution in [-0.4, -0.2) is 36.6 Å². The standard InChI is InChI=1S/C8H20N2.C3H9N/c1-7(2)10(6-5-9)8(3)4;1-2-3-4/h7-8H,5-6,9H2,1-4H3;2-4H2,1H3. The van der Waals surface area contributed by atoms with Gasteiger partial charge in [-0.2, -0.15) is 0 Å². The van der Waals surface area contributed by atoms with Crippen molar-refractivity contribution >= 4 is 0 Å². The van der Waals surface area contributed by atoms with Crippen LogP contribution in [0.25, 0.3) is 0 Å². The first-order chi connectivity index (χ1) is 6.51. The Labute approximate surface area is 89.8 Å². The second-order valence-electron chi connectivity index (χ2n) is 4.00. The van der Waals surface area contributed by atoms with Crippen molar-refractivity contribution in [2.45, 2.75) is 53.1 Å². The summed E-state index contributed by atoms with van der Waals surface area (Å²) in [5, 5.41) is 0. The third-order valence-electron chi connectivity index (χ3n) is 2.00. The van der Waals surface area contributed by atoms with E-state index in [-0.39, 0.29) is 0 Å². The van der Waals surface area contributed by atoms with E-state index in [9.17, 15) is 0 Å². The second kappa shape index (κ2) is 11.0. The third-order valence-corrected chi connectivity index (χ3v) is 2.00. The van der Waals surface area contributed by atoms with E-state index in [0.717, 1.165) is 26.1 Å². The third kappa shape index (κ3) is 9.96. The molecule has 0 radical (unpaired) electrons. The molecule has 0 saturated heterocycles. The van der Waals surface area contributed by atoms with Crippen molar-refractivity contribution in [3.63, 3.8) is 0 Å². The van der Waals surface area contributed by atoms with Crippen LogP contribution in [-0.2, 0) is 0 Å². The molecule has 0 atom stereocenters. The average Bonchev–Trinajstić information content (AvgIpc) is 2.13. The molecule has 0 amide bonds. The molecular formula is C11H29N3. The lowest BCUT2D eigenvalue weighted by molar-refractivity contribution is 0.180. The van der Waals surface area contributed by atoms with Gasteiger partial charge in [-0.25, -0.2) is 0 Å². The Morgan fingerprint density at radius 2 is 1.29 bits per heavy atom. The van der Waals surface area contributed by atoms with E-state index in [1.54, 1.807) is 0 Å². The van der Waals surface area contributed by atoms with Gasteiger partial charge in [-0.05, 0) is 40.7 Å². The molecule has 14 heavy (non-hydrogen) atoms. The summed E-state index contributed by atoms with van der Waals surface area (Å²) in [6.07, 6.45) is 1.10. The molecule has 0 aliphatic carbocycles. The van der Waals surface area contributed by atoms with Crippen LogP contribution in [0.1, 0.15) is 41.0 Å². The van der Waals surface area contributed by atoms with E-state index in [2.05, 4.69) is 39.5 Å². The molecule has 3 nitrogen and oxygen atoms in total. The molecule has 0 aliphatic rings. The zero-order valence-electron chi connectivity index (χ0n) is 10.6. The Morgan fingerprint density at radius 1 is 0.929 bits per heavy atom. The first-order valence-electron chi connectivity index (χ1n) is 5.67. The van der Waals surface area contributed by atoms with Gasteiger partial charge >= 0.3 is 0 Å². The van der Waals surface area contributed by atoms with Crippen molar-refractivity contribution in [2.24, 2.45) is 11.5 Å². The molecule has 0 heterocycles. The van der Waals surface area contributed by atoms with E-state index >= 15 is 0 Å². The molecule has 4 N–H and O–H groups in total. The van der Waals surface area contributed by atoms with Gasteiger partial charge in [0.15, 0.2) is 0 Å². The summed E-state index contributed by atoms with van der Waals surface area (Å²) < 4.78 is 0. The normalized spacial score (nSPS) is 10.7. The Morgan fingerprint density at radius 3 is 1.36 bits per heavy atom. The van der Waals surface area contributed by atoms with Gasteiger partial charge in [0.25, 0.3) is 0 Å². The van der Waals surface area contributed by atoms with Crippen LogP contribution in [0.5, 0.6) is 0 Å². The fourth-order valence-electron chi connectivity index (χ4n) is 1.26. The fraction of sp³-hybridized carbons (Fsp3) is 1.00. The minimum atomic E-state index is 0.614. The molecule has 0 aromatic rings. The number of nitrogens with zero attached hydrogens (tertiary/aromatic N) is 1. The van der Waals surface area contributed by atoms with Crippen LogP contribution in [0, 0.1) is 0 Å². The van der Waals surface area contributed by atoms with E-state index < -0.39 is 0 Å². The first kappa shape index (κ1) is 16.3. The van der Waals surface area contributed by atoms with E-state index in [1.165, 1.54) is 0 Å². The zero-order valence-corrected chi connectivity index (χ0v) is 10.6. The van der Waals surface area contributed by atoms with Gasteiger partial charge < -0.3 is 11.5 Å². The highest BCUT2D eigenvalue weighted by molar-refractivity contribution is 4.66. The summed E-state index contributed by atoms with van der Waals surface area (Å²) in [6, 6.07) is 1.23. The maximum absolute atomic E-state index is 5.46. The van der Waals surface area contributed by atoms with Crippen LogP contribution in [0.2, 0.25) is 0 Å². The molecular weight excluding hydrogens is 174 g/mol.